The molecule has 1 fully saturated rings. The number of aromatic nitrogens is 1. The van der Waals surface area contributed by atoms with E-state index in [1.165, 1.54) is 0 Å². The molecule has 0 amide bonds. The monoisotopic (exact) mass is 247 g/mol. The highest BCUT2D eigenvalue weighted by Gasteiger charge is 2.22. The summed E-state index contributed by atoms with van der Waals surface area (Å²) in [6.07, 6.45) is 3.47. The van der Waals surface area contributed by atoms with Crippen LogP contribution in [-0.4, -0.2) is 16.0 Å². The molecule has 1 aromatic carbocycles. The largest absolute Gasteiger partial charge is 0.431 e. The Kier molecular flexibility index (Phi) is 2.89. The van der Waals surface area contributed by atoms with Gasteiger partial charge in [-0.3, -0.25) is 4.79 Å². The Balaban J connectivity index is 1.78. The number of hydrogen-bond acceptors (Lipinski definition) is 4. The Morgan fingerprint density at radius 1 is 1.35 bits per heavy atom. The van der Waals surface area contributed by atoms with E-state index in [9.17, 15) is 4.79 Å². The number of carbonyl (C=O) groups excluding carboxylic acids is 1. The molecule has 1 aliphatic rings. The maximum Gasteiger partial charge on any atom is 0.257 e. The first kappa shape index (κ1) is 10.8. The average molecular weight is 247 g/mol. The fraction of sp³-hybridized carbons (Fsp3) is 0.385. The van der Waals surface area contributed by atoms with E-state index < -0.39 is 0 Å². The number of rotatable bonds is 2. The molecule has 0 spiro atoms. The third-order valence-electron chi connectivity index (χ3n) is 2.98. The van der Waals surface area contributed by atoms with Crippen molar-refractivity contribution in [3.8, 4) is 0 Å². The Morgan fingerprint density at radius 3 is 3.06 bits per heavy atom. The first-order valence-electron chi connectivity index (χ1n) is 5.85. The minimum atomic E-state index is 0.337. The van der Waals surface area contributed by atoms with Gasteiger partial charge >= 0.3 is 0 Å². The molecular weight excluding hydrogens is 234 g/mol. The van der Waals surface area contributed by atoms with E-state index in [0.717, 1.165) is 30.4 Å². The topological polar surface area (TPSA) is 43.1 Å². The Hall–Kier alpha value is -1.29. The maximum atomic E-state index is 11.4. The number of thioether (sulfide) groups is 1. The highest BCUT2D eigenvalue weighted by atomic mass is 32.2. The number of para-hydroxylation sites is 2. The Labute approximate surface area is 104 Å². The number of Topliss-reactive ketones (excluding diaryl/α,β-unsaturated/α-hetero) is 1. The van der Waals surface area contributed by atoms with Gasteiger partial charge in [-0.2, -0.15) is 0 Å². The SMILES string of the molecule is O=C1CCCC(Sc2nc3ccccc3o2)C1. The van der Waals surface area contributed by atoms with Crippen molar-refractivity contribution < 1.29 is 9.21 Å². The fourth-order valence-corrected chi connectivity index (χ4v) is 3.26. The highest BCUT2D eigenvalue weighted by molar-refractivity contribution is 7.99. The number of benzene rings is 1. The van der Waals surface area contributed by atoms with E-state index in [0.29, 0.717) is 22.7 Å². The van der Waals surface area contributed by atoms with Gasteiger partial charge in [0.15, 0.2) is 5.58 Å². The molecule has 4 heteroatoms. The smallest absolute Gasteiger partial charge is 0.257 e. The molecule has 1 saturated carbocycles. The second-order valence-electron chi connectivity index (χ2n) is 4.32. The summed E-state index contributed by atoms with van der Waals surface area (Å²) in [6.45, 7) is 0. The van der Waals surface area contributed by atoms with Gasteiger partial charge in [0, 0.05) is 18.1 Å². The predicted molar refractivity (Wildman–Crippen MR) is 67.1 cm³/mol. The lowest BCUT2D eigenvalue weighted by Crippen LogP contribution is -2.16. The van der Waals surface area contributed by atoms with Gasteiger partial charge in [0.2, 0.25) is 0 Å². The van der Waals surface area contributed by atoms with Crippen LogP contribution in [0.1, 0.15) is 25.7 Å². The summed E-state index contributed by atoms with van der Waals surface area (Å²) in [6, 6.07) is 7.74. The van der Waals surface area contributed by atoms with E-state index >= 15 is 0 Å². The lowest BCUT2D eigenvalue weighted by molar-refractivity contribution is -0.120. The van der Waals surface area contributed by atoms with Gasteiger partial charge < -0.3 is 4.42 Å². The van der Waals surface area contributed by atoms with E-state index in [1.807, 2.05) is 24.3 Å². The normalized spacial score (nSPS) is 20.9. The third-order valence-corrected chi connectivity index (χ3v) is 4.09. The molecule has 2 aromatic rings. The number of nitrogens with zero attached hydrogens (tertiary/aromatic N) is 1. The molecule has 0 aliphatic heterocycles. The number of fused-ring (bicyclic) bond motifs is 1. The fourth-order valence-electron chi connectivity index (χ4n) is 2.13. The van der Waals surface area contributed by atoms with E-state index in [4.69, 9.17) is 4.42 Å². The molecule has 1 unspecified atom stereocenters. The summed E-state index contributed by atoms with van der Waals surface area (Å²) in [5.74, 6) is 0.366. The predicted octanol–water partition coefficient (Wildman–Crippen LogP) is 3.43. The molecule has 3 nitrogen and oxygen atoms in total. The van der Waals surface area contributed by atoms with Crippen molar-refractivity contribution in [3.63, 3.8) is 0 Å². The Morgan fingerprint density at radius 2 is 2.24 bits per heavy atom. The molecule has 0 N–H and O–H groups in total. The second-order valence-corrected chi connectivity index (χ2v) is 5.57. The molecule has 0 radical (unpaired) electrons. The van der Waals surface area contributed by atoms with Crippen LogP contribution >= 0.6 is 11.8 Å². The van der Waals surface area contributed by atoms with Gasteiger partial charge in [0.25, 0.3) is 5.22 Å². The van der Waals surface area contributed by atoms with Crippen molar-refractivity contribution in [2.75, 3.05) is 0 Å². The second kappa shape index (κ2) is 4.53. The molecule has 0 saturated heterocycles. The zero-order valence-corrected chi connectivity index (χ0v) is 10.2. The molecule has 0 bridgehead atoms. The van der Waals surface area contributed by atoms with Crippen molar-refractivity contribution in [1.29, 1.82) is 0 Å². The number of hydrogen-bond donors (Lipinski definition) is 0. The number of oxazole rings is 1. The summed E-state index contributed by atoms with van der Waals surface area (Å²) in [5.41, 5.74) is 1.70. The summed E-state index contributed by atoms with van der Waals surface area (Å²) in [7, 11) is 0. The summed E-state index contributed by atoms with van der Waals surface area (Å²) in [5, 5.41) is 1.02. The van der Waals surface area contributed by atoms with Gasteiger partial charge in [-0.15, -0.1) is 0 Å². The van der Waals surface area contributed by atoms with Crippen molar-refractivity contribution in [3.05, 3.63) is 24.3 Å². The molecule has 17 heavy (non-hydrogen) atoms. The van der Waals surface area contributed by atoms with Crippen molar-refractivity contribution >= 4 is 28.6 Å². The summed E-state index contributed by atoms with van der Waals surface area (Å²) < 4.78 is 5.65. The lowest BCUT2D eigenvalue weighted by atomic mass is 9.99. The van der Waals surface area contributed by atoms with Gasteiger partial charge in [0.05, 0.1) is 0 Å². The Bertz CT molecular complexity index is 516. The van der Waals surface area contributed by atoms with Gasteiger partial charge in [-0.25, -0.2) is 4.98 Å². The lowest BCUT2D eigenvalue weighted by Gasteiger charge is -2.17. The highest BCUT2D eigenvalue weighted by Crippen LogP contribution is 2.33. The van der Waals surface area contributed by atoms with E-state index in [1.54, 1.807) is 11.8 Å². The van der Waals surface area contributed by atoms with Crippen LogP contribution < -0.4 is 0 Å². The van der Waals surface area contributed by atoms with Crippen LogP contribution in [0.25, 0.3) is 11.1 Å². The van der Waals surface area contributed by atoms with Crippen LogP contribution in [0, 0.1) is 0 Å². The molecule has 1 atom stereocenters. The minimum absolute atomic E-state index is 0.337. The molecule has 1 aliphatic carbocycles. The van der Waals surface area contributed by atoms with Crippen molar-refractivity contribution in [2.24, 2.45) is 0 Å². The third kappa shape index (κ3) is 2.36. The van der Waals surface area contributed by atoms with Gasteiger partial charge in [-0.05, 0) is 25.0 Å². The number of carbonyl (C=O) groups is 1. The van der Waals surface area contributed by atoms with Crippen LogP contribution in [-0.2, 0) is 4.79 Å². The van der Waals surface area contributed by atoms with E-state index in [-0.39, 0.29) is 0 Å². The van der Waals surface area contributed by atoms with Gasteiger partial charge in [-0.1, -0.05) is 23.9 Å². The zero-order valence-electron chi connectivity index (χ0n) is 9.39. The number of ketones is 1. The molecule has 88 valence electrons. The zero-order chi connectivity index (χ0) is 11.7. The first-order chi connectivity index (χ1) is 8.31. The maximum absolute atomic E-state index is 11.4. The summed E-state index contributed by atoms with van der Waals surface area (Å²) >= 11 is 1.60. The van der Waals surface area contributed by atoms with Gasteiger partial charge in [0.1, 0.15) is 11.3 Å². The van der Waals surface area contributed by atoms with Crippen LogP contribution in [0.5, 0.6) is 0 Å². The molecule has 1 heterocycles. The van der Waals surface area contributed by atoms with Crippen molar-refractivity contribution in [2.45, 2.75) is 36.2 Å². The first-order valence-corrected chi connectivity index (χ1v) is 6.73. The summed E-state index contributed by atoms with van der Waals surface area (Å²) in [4.78, 5) is 15.8. The molecule has 1 aromatic heterocycles. The minimum Gasteiger partial charge on any atom is -0.431 e. The van der Waals surface area contributed by atoms with Crippen LogP contribution in [0.4, 0.5) is 0 Å². The standard InChI is InChI=1S/C13H13NO2S/c15-9-4-3-5-10(8-9)17-13-14-11-6-1-2-7-12(11)16-13/h1-2,6-7,10H,3-5,8H2. The molecule has 3 rings (SSSR count). The average Bonchev–Trinajstić information content (AvgIpc) is 2.71. The van der Waals surface area contributed by atoms with Crippen LogP contribution in [0.15, 0.2) is 33.9 Å². The van der Waals surface area contributed by atoms with Crippen molar-refractivity contribution in [1.82, 2.24) is 4.98 Å². The van der Waals surface area contributed by atoms with Crippen LogP contribution in [0.2, 0.25) is 0 Å². The van der Waals surface area contributed by atoms with Crippen LogP contribution in [0.3, 0.4) is 0 Å². The van der Waals surface area contributed by atoms with E-state index in [2.05, 4.69) is 4.98 Å². The molecular formula is C13H13NO2S. The quantitative estimate of drug-likeness (QED) is 0.815.